The fraction of sp³-hybridized carbons (Fsp3) is 0.562. The van der Waals surface area contributed by atoms with Crippen molar-refractivity contribution in [1.29, 1.82) is 0 Å². The quantitative estimate of drug-likeness (QED) is 0.616. The van der Waals surface area contributed by atoms with Gasteiger partial charge in [0, 0.05) is 38.3 Å². The van der Waals surface area contributed by atoms with Crippen molar-refractivity contribution in [3.05, 3.63) is 22.3 Å². The Hall–Kier alpha value is -1.86. The zero-order chi connectivity index (χ0) is 17.7. The molecule has 0 spiro atoms. The number of pyridine rings is 1. The maximum Gasteiger partial charge on any atom is 0.293 e. The Bertz CT molecular complexity index is 610. The molecule has 1 aromatic heterocycles. The van der Waals surface area contributed by atoms with Crippen LogP contribution in [0.2, 0.25) is 5.15 Å². The van der Waals surface area contributed by atoms with Crippen molar-refractivity contribution in [2.45, 2.75) is 32.9 Å². The molecule has 3 heterocycles. The van der Waals surface area contributed by atoms with E-state index in [9.17, 15) is 9.59 Å². The van der Waals surface area contributed by atoms with Crippen molar-refractivity contribution in [1.82, 2.24) is 15.6 Å². The van der Waals surface area contributed by atoms with E-state index in [1.54, 1.807) is 6.07 Å². The highest BCUT2D eigenvalue weighted by atomic mass is 35.5. The van der Waals surface area contributed by atoms with Gasteiger partial charge in [-0.05, 0) is 26.8 Å². The van der Waals surface area contributed by atoms with Crippen LogP contribution in [0.4, 0.5) is 5.82 Å². The van der Waals surface area contributed by atoms with Crippen LogP contribution < -0.4 is 15.5 Å². The van der Waals surface area contributed by atoms with E-state index in [0.717, 1.165) is 37.6 Å². The summed E-state index contributed by atoms with van der Waals surface area (Å²) in [6.07, 6.45) is 0. The Morgan fingerprint density at radius 1 is 1.33 bits per heavy atom. The molecule has 132 valence electrons. The number of carbonyl (C=O) groups excluding carboxylic acids is 2. The Kier molecular flexibility index (Phi) is 6.01. The Morgan fingerprint density at radius 3 is 2.54 bits per heavy atom. The van der Waals surface area contributed by atoms with Crippen molar-refractivity contribution in [3.63, 3.8) is 0 Å². The number of fused-ring (bicyclic) bond motifs is 1. The second-order valence-corrected chi connectivity index (χ2v) is 6.93. The molecule has 3 rings (SSSR count). The Morgan fingerprint density at radius 2 is 2.00 bits per heavy atom. The molecule has 2 aliphatic heterocycles. The Balaban J connectivity index is 0.000000256. The maximum absolute atomic E-state index is 11.6. The third kappa shape index (κ3) is 4.82. The number of amides is 1. The molecule has 0 saturated carbocycles. The van der Waals surface area contributed by atoms with Gasteiger partial charge in [-0.1, -0.05) is 11.6 Å². The Labute approximate surface area is 146 Å². The summed E-state index contributed by atoms with van der Waals surface area (Å²) in [5.74, 6) is 0.799. The van der Waals surface area contributed by atoms with E-state index in [4.69, 9.17) is 11.6 Å². The number of hydrogen-bond donors (Lipinski definition) is 2. The molecule has 1 amide bonds. The summed E-state index contributed by atoms with van der Waals surface area (Å²) in [7, 11) is 0. The lowest BCUT2D eigenvalue weighted by Gasteiger charge is -2.29. The average molecular weight is 355 g/mol. The molecule has 7 nitrogen and oxygen atoms in total. The number of nitrogens with zero attached hydrogens (tertiary/aromatic N) is 2. The van der Waals surface area contributed by atoms with E-state index in [2.05, 4.69) is 25.3 Å². The fourth-order valence-electron chi connectivity index (χ4n) is 2.45. The van der Waals surface area contributed by atoms with Gasteiger partial charge >= 0.3 is 0 Å². The first-order valence-corrected chi connectivity index (χ1v) is 8.24. The van der Waals surface area contributed by atoms with E-state index >= 15 is 0 Å². The molecule has 0 atom stereocenters. The van der Waals surface area contributed by atoms with E-state index in [1.165, 1.54) is 0 Å². The SMILES string of the molecule is CC(C)(C)OC=O.O=C1NCc2c1cc(Cl)nc2N1CCNCC1. The number of anilines is 1. The molecule has 2 N–H and O–H groups in total. The van der Waals surface area contributed by atoms with Crippen LogP contribution in [0.1, 0.15) is 36.7 Å². The highest BCUT2D eigenvalue weighted by molar-refractivity contribution is 6.30. The van der Waals surface area contributed by atoms with Gasteiger partial charge in [0.25, 0.3) is 12.4 Å². The normalized spacial score (nSPS) is 16.7. The molecule has 0 radical (unpaired) electrons. The van der Waals surface area contributed by atoms with E-state index < -0.39 is 0 Å². The number of rotatable bonds is 2. The van der Waals surface area contributed by atoms with Gasteiger partial charge in [0.1, 0.15) is 16.6 Å². The lowest BCUT2D eigenvalue weighted by molar-refractivity contribution is -0.138. The molecule has 0 aromatic carbocycles. The summed E-state index contributed by atoms with van der Waals surface area (Å²) >= 11 is 5.98. The molecule has 8 heteroatoms. The smallest absolute Gasteiger partial charge is 0.293 e. The number of carbonyl (C=O) groups is 2. The van der Waals surface area contributed by atoms with E-state index in [1.807, 2.05) is 20.8 Å². The first kappa shape index (κ1) is 18.5. The van der Waals surface area contributed by atoms with Gasteiger partial charge in [-0.2, -0.15) is 0 Å². The van der Waals surface area contributed by atoms with Crippen LogP contribution in [0.5, 0.6) is 0 Å². The average Bonchev–Trinajstić information content (AvgIpc) is 2.88. The molecular weight excluding hydrogens is 332 g/mol. The zero-order valence-electron chi connectivity index (χ0n) is 14.2. The summed E-state index contributed by atoms with van der Waals surface area (Å²) in [5, 5.41) is 6.49. The predicted octanol–water partition coefficient (Wildman–Crippen LogP) is 1.35. The third-order valence-corrected chi connectivity index (χ3v) is 3.75. The summed E-state index contributed by atoms with van der Waals surface area (Å²) in [4.78, 5) is 27.8. The van der Waals surface area contributed by atoms with Gasteiger partial charge in [0.2, 0.25) is 0 Å². The number of nitrogens with one attached hydrogen (secondary N) is 2. The van der Waals surface area contributed by atoms with Crippen LogP contribution >= 0.6 is 11.6 Å². The van der Waals surface area contributed by atoms with Crippen LogP contribution in [0.25, 0.3) is 0 Å². The summed E-state index contributed by atoms with van der Waals surface area (Å²) in [6.45, 7) is 10.1. The highest BCUT2D eigenvalue weighted by Gasteiger charge is 2.26. The molecule has 24 heavy (non-hydrogen) atoms. The second-order valence-electron chi connectivity index (χ2n) is 6.54. The molecule has 1 aromatic rings. The number of ether oxygens (including phenoxy) is 1. The molecule has 0 bridgehead atoms. The van der Waals surface area contributed by atoms with Crippen LogP contribution in [0, 0.1) is 0 Å². The van der Waals surface area contributed by atoms with Crippen LogP contribution in [-0.2, 0) is 16.1 Å². The lowest BCUT2D eigenvalue weighted by atomic mass is 10.1. The van der Waals surface area contributed by atoms with Gasteiger partial charge < -0.3 is 20.3 Å². The van der Waals surface area contributed by atoms with E-state index in [-0.39, 0.29) is 11.5 Å². The van der Waals surface area contributed by atoms with E-state index in [0.29, 0.717) is 23.7 Å². The third-order valence-electron chi connectivity index (χ3n) is 3.56. The molecule has 1 saturated heterocycles. The standard InChI is InChI=1S/C11H13ClN4O.C5H10O2/c12-9-5-7-8(6-14-11(7)17)10(15-9)16-3-1-13-2-4-16;1-5(2,3)7-4-6/h5,13H,1-4,6H2,(H,14,17);4H,1-3H3. The van der Waals surface area contributed by atoms with Crippen molar-refractivity contribution < 1.29 is 14.3 Å². The van der Waals surface area contributed by atoms with Crippen molar-refractivity contribution >= 4 is 29.8 Å². The first-order valence-electron chi connectivity index (χ1n) is 7.86. The van der Waals surface area contributed by atoms with Crippen LogP contribution in [-0.4, -0.2) is 49.1 Å². The predicted molar refractivity (Wildman–Crippen MR) is 92.4 cm³/mol. The van der Waals surface area contributed by atoms with Crippen LogP contribution in [0.15, 0.2) is 6.07 Å². The minimum atomic E-state index is -0.318. The van der Waals surface area contributed by atoms with Crippen molar-refractivity contribution in [2.75, 3.05) is 31.1 Å². The topological polar surface area (TPSA) is 83.6 Å². The van der Waals surface area contributed by atoms with Crippen molar-refractivity contribution in [3.8, 4) is 0 Å². The van der Waals surface area contributed by atoms with Gasteiger partial charge in [0.05, 0.1) is 5.56 Å². The molecule has 2 aliphatic rings. The number of piperazine rings is 1. The zero-order valence-corrected chi connectivity index (χ0v) is 14.9. The lowest BCUT2D eigenvalue weighted by Crippen LogP contribution is -2.44. The minimum absolute atomic E-state index is 0.0549. The molecule has 1 fully saturated rings. The molecular formula is C16H23ClN4O3. The number of halogens is 1. The highest BCUT2D eigenvalue weighted by Crippen LogP contribution is 2.28. The van der Waals surface area contributed by atoms with Gasteiger partial charge in [0.15, 0.2) is 0 Å². The number of aromatic nitrogens is 1. The fourth-order valence-corrected chi connectivity index (χ4v) is 2.64. The first-order chi connectivity index (χ1) is 11.3. The van der Waals surface area contributed by atoms with Gasteiger partial charge in [-0.15, -0.1) is 0 Å². The van der Waals surface area contributed by atoms with Crippen molar-refractivity contribution in [2.24, 2.45) is 0 Å². The summed E-state index contributed by atoms with van der Waals surface area (Å²) < 4.78 is 4.55. The second kappa shape index (κ2) is 7.81. The summed E-state index contributed by atoms with van der Waals surface area (Å²) in [5.41, 5.74) is 1.32. The monoisotopic (exact) mass is 354 g/mol. The molecule has 0 aliphatic carbocycles. The van der Waals surface area contributed by atoms with Crippen LogP contribution in [0.3, 0.4) is 0 Å². The maximum atomic E-state index is 11.6. The number of hydrogen-bond acceptors (Lipinski definition) is 6. The molecule has 0 unspecified atom stereocenters. The summed E-state index contributed by atoms with van der Waals surface area (Å²) in [6, 6.07) is 1.64. The largest absolute Gasteiger partial charge is 0.462 e. The minimum Gasteiger partial charge on any atom is -0.462 e. The van der Waals surface area contributed by atoms with Gasteiger partial charge in [-0.25, -0.2) is 4.98 Å². The van der Waals surface area contributed by atoms with Gasteiger partial charge in [-0.3, -0.25) is 9.59 Å².